The molecule has 2 nitrogen and oxygen atoms in total. The molecule has 0 atom stereocenters. The zero-order valence-electron chi connectivity index (χ0n) is 12.4. The molecule has 0 heterocycles. The van der Waals surface area contributed by atoms with Crippen LogP contribution in [0.25, 0.3) is 0 Å². The van der Waals surface area contributed by atoms with Gasteiger partial charge in [-0.25, -0.2) is 4.39 Å². The summed E-state index contributed by atoms with van der Waals surface area (Å²) in [6.07, 6.45) is 0.0863. The molecule has 0 aliphatic heterocycles. The summed E-state index contributed by atoms with van der Waals surface area (Å²) in [6, 6.07) is 10.4. The Morgan fingerprint density at radius 1 is 1.19 bits per heavy atom. The van der Waals surface area contributed by atoms with E-state index >= 15 is 0 Å². The van der Waals surface area contributed by atoms with Crippen molar-refractivity contribution in [1.82, 2.24) is 0 Å². The summed E-state index contributed by atoms with van der Waals surface area (Å²) in [4.78, 5) is 0. The molecule has 21 heavy (non-hydrogen) atoms. The Morgan fingerprint density at radius 2 is 1.95 bits per heavy atom. The lowest BCUT2D eigenvalue weighted by molar-refractivity contribution is 0.242. The molecule has 0 bridgehead atoms. The van der Waals surface area contributed by atoms with Crippen LogP contribution in [0.2, 0.25) is 5.02 Å². The molecule has 2 rings (SSSR count). The number of aryl methyl sites for hydroxylation is 1. The van der Waals surface area contributed by atoms with E-state index in [1.165, 1.54) is 12.1 Å². The second-order valence-corrected chi connectivity index (χ2v) is 5.64. The highest BCUT2D eigenvalue weighted by atomic mass is 35.5. The highest BCUT2D eigenvalue weighted by Crippen LogP contribution is 2.28. The highest BCUT2D eigenvalue weighted by Gasteiger charge is 2.06. The summed E-state index contributed by atoms with van der Waals surface area (Å²) in [7, 11) is 0. The van der Waals surface area contributed by atoms with Crippen LogP contribution in [0.3, 0.4) is 0 Å². The van der Waals surface area contributed by atoms with Gasteiger partial charge in [0.15, 0.2) is 0 Å². The van der Waals surface area contributed by atoms with E-state index in [-0.39, 0.29) is 11.9 Å². The van der Waals surface area contributed by atoms with Crippen molar-refractivity contribution in [3.63, 3.8) is 0 Å². The fraction of sp³-hybridized carbons (Fsp3) is 0.294. The molecule has 0 fully saturated rings. The Morgan fingerprint density at radius 3 is 2.57 bits per heavy atom. The number of hydrogen-bond donors (Lipinski definition) is 1. The topological polar surface area (TPSA) is 21.3 Å². The van der Waals surface area contributed by atoms with Gasteiger partial charge in [0.25, 0.3) is 0 Å². The molecule has 0 spiro atoms. The summed E-state index contributed by atoms with van der Waals surface area (Å²) in [5.41, 5.74) is 2.88. The van der Waals surface area contributed by atoms with E-state index in [0.29, 0.717) is 17.3 Å². The van der Waals surface area contributed by atoms with Crippen molar-refractivity contribution < 1.29 is 9.13 Å². The second kappa shape index (κ2) is 6.81. The summed E-state index contributed by atoms with van der Waals surface area (Å²) in [5, 5.41) is 3.85. The summed E-state index contributed by atoms with van der Waals surface area (Å²) >= 11 is 6.19. The molecule has 0 amide bonds. The van der Waals surface area contributed by atoms with E-state index in [0.717, 1.165) is 16.8 Å². The third-order valence-corrected chi connectivity index (χ3v) is 3.38. The molecule has 1 N–H and O–H groups in total. The number of nitrogens with one attached hydrogen (secondary N) is 1. The third kappa shape index (κ3) is 4.36. The molecule has 0 saturated heterocycles. The van der Waals surface area contributed by atoms with Crippen LogP contribution >= 0.6 is 11.6 Å². The lowest BCUT2D eigenvalue weighted by atomic mass is 10.1. The Labute approximate surface area is 129 Å². The quantitative estimate of drug-likeness (QED) is 0.821. The van der Waals surface area contributed by atoms with Gasteiger partial charge in [0.2, 0.25) is 0 Å². The summed E-state index contributed by atoms with van der Waals surface area (Å²) in [6.45, 7) is 6.43. The summed E-state index contributed by atoms with van der Waals surface area (Å²) < 4.78 is 18.7. The Hall–Kier alpha value is -1.74. The first-order valence-electron chi connectivity index (χ1n) is 6.91. The van der Waals surface area contributed by atoms with E-state index in [2.05, 4.69) is 5.32 Å². The van der Waals surface area contributed by atoms with Gasteiger partial charge in [0.05, 0.1) is 11.1 Å². The van der Waals surface area contributed by atoms with Crippen molar-refractivity contribution in [3.8, 4) is 5.75 Å². The van der Waals surface area contributed by atoms with Gasteiger partial charge in [0.1, 0.15) is 11.6 Å². The first-order chi connectivity index (χ1) is 9.95. The Balaban J connectivity index is 2.05. The molecular weight excluding hydrogens is 289 g/mol. The molecule has 4 heteroatoms. The van der Waals surface area contributed by atoms with Gasteiger partial charge in [0, 0.05) is 12.2 Å². The normalized spacial score (nSPS) is 10.8. The maximum atomic E-state index is 13.1. The van der Waals surface area contributed by atoms with Crippen LogP contribution in [-0.2, 0) is 6.54 Å². The predicted molar refractivity (Wildman–Crippen MR) is 85.7 cm³/mol. The number of rotatable bonds is 5. The first-order valence-corrected chi connectivity index (χ1v) is 7.28. The van der Waals surface area contributed by atoms with Crippen molar-refractivity contribution in [2.24, 2.45) is 0 Å². The molecule has 112 valence electrons. The highest BCUT2D eigenvalue weighted by molar-refractivity contribution is 6.32. The number of benzene rings is 2. The average Bonchev–Trinajstić information content (AvgIpc) is 2.40. The maximum absolute atomic E-state index is 13.1. The van der Waals surface area contributed by atoms with Crippen LogP contribution in [0, 0.1) is 12.7 Å². The summed E-state index contributed by atoms with van der Waals surface area (Å²) in [5.74, 6) is 0.463. The Bertz CT molecular complexity index is 628. The number of ether oxygens (including phenoxy) is 1. The lowest BCUT2D eigenvalue weighted by Crippen LogP contribution is -2.06. The van der Waals surface area contributed by atoms with Gasteiger partial charge in [-0.2, -0.15) is 0 Å². The zero-order chi connectivity index (χ0) is 15.4. The molecule has 2 aromatic carbocycles. The van der Waals surface area contributed by atoms with Gasteiger partial charge >= 0.3 is 0 Å². The van der Waals surface area contributed by atoms with Crippen molar-refractivity contribution in [2.75, 3.05) is 5.32 Å². The van der Waals surface area contributed by atoms with E-state index in [9.17, 15) is 4.39 Å². The third-order valence-electron chi connectivity index (χ3n) is 3.08. The SMILES string of the molecule is Cc1cc(F)ccc1CNc1ccc(OC(C)C)c(Cl)c1. The molecule has 0 aliphatic carbocycles. The van der Waals surface area contributed by atoms with Crippen LogP contribution in [0.1, 0.15) is 25.0 Å². The van der Waals surface area contributed by atoms with Crippen LogP contribution in [-0.4, -0.2) is 6.10 Å². The smallest absolute Gasteiger partial charge is 0.138 e. The fourth-order valence-corrected chi connectivity index (χ4v) is 2.24. The van der Waals surface area contributed by atoms with Crippen LogP contribution in [0.15, 0.2) is 36.4 Å². The van der Waals surface area contributed by atoms with Crippen LogP contribution in [0.4, 0.5) is 10.1 Å². The van der Waals surface area contributed by atoms with Crippen molar-refractivity contribution >= 4 is 17.3 Å². The first kappa shape index (κ1) is 15.6. The standard InChI is InChI=1S/C17H19ClFNO/c1-11(2)21-17-7-6-15(9-16(17)18)20-10-13-4-5-14(19)8-12(13)3/h4-9,11,20H,10H2,1-3H3. The molecule has 2 aromatic rings. The molecule has 0 aliphatic rings. The second-order valence-electron chi connectivity index (χ2n) is 5.24. The van der Waals surface area contributed by atoms with Crippen molar-refractivity contribution in [1.29, 1.82) is 0 Å². The minimum Gasteiger partial charge on any atom is -0.489 e. The van der Waals surface area contributed by atoms with Gasteiger partial charge in [-0.15, -0.1) is 0 Å². The molecule has 0 radical (unpaired) electrons. The van der Waals surface area contributed by atoms with Gasteiger partial charge < -0.3 is 10.1 Å². The molecule has 0 unspecified atom stereocenters. The van der Waals surface area contributed by atoms with E-state index < -0.39 is 0 Å². The lowest BCUT2D eigenvalue weighted by Gasteiger charge is -2.13. The van der Waals surface area contributed by atoms with Gasteiger partial charge in [-0.1, -0.05) is 17.7 Å². The van der Waals surface area contributed by atoms with E-state index in [4.69, 9.17) is 16.3 Å². The minimum absolute atomic E-state index is 0.0863. The Kier molecular flexibility index (Phi) is 5.07. The maximum Gasteiger partial charge on any atom is 0.138 e. The molecular formula is C17H19ClFNO. The largest absolute Gasteiger partial charge is 0.489 e. The average molecular weight is 308 g/mol. The monoisotopic (exact) mass is 307 g/mol. The number of hydrogen-bond acceptors (Lipinski definition) is 2. The molecule has 0 aromatic heterocycles. The van der Waals surface area contributed by atoms with Crippen molar-refractivity contribution in [2.45, 2.75) is 33.4 Å². The van der Waals surface area contributed by atoms with E-state index in [1.54, 1.807) is 6.07 Å². The van der Waals surface area contributed by atoms with E-state index in [1.807, 2.05) is 39.0 Å². The fourth-order valence-electron chi connectivity index (χ4n) is 2.02. The van der Waals surface area contributed by atoms with Gasteiger partial charge in [-0.3, -0.25) is 0 Å². The number of halogens is 2. The van der Waals surface area contributed by atoms with Crippen LogP contribution in [0.5, 0.6) is 5.75 Å². The zero-order valence-corrected chi connectivity index (χ0v) is 13.2. The molecule has 0 saturated carbocycles. The predicted octanol–water partition coefficient (Wildman–Crippen LogP) is 5.19. The number of anilines is 1. The minimum atomic E-state index is -0.213. The van der Waals surface area contributed by atoms with Crippen LogP contribution < -0.4 is 10.1 Å². The van der Waals surface area contributed by atoms with Gasteiger partial charge in [-0.05, 0) is 62.2 Å². The van der Waals surface area contributed by atoms with Crippen molar-refractivity contribution in [3.05, 3.63) is 58.4 Å².